The molecule has 0 saturated heterocycles. The van der Waals surface area contributed by atoms with Gasteiger partial charge in [0, 0.05) is 11.0 Å². The summed E-state index contributed by atoms with van der Waals surface area (Å²) in [5.74, 6) is -0.670. The van der Waals surface area contributed by atoms with Crippen molar-refractivity contribution in [2.75, 3.05) is 13.1 Å². The molecule has 0 spiro atoms. The first-order chi connectivity index (χ1) is 8.10. The third-order valence-corrected chi connectivity index (χ3v) is 2.86. The molecule has 5 heteroatoms. The van der Waals surface area contributed by atoms with Gasteiger partial charge in [0.25, 0.3) is 5.91 Å². The van der Waals surface area contributed by atoms with Gasteiger partial charge in [0.2, 0.25) is 0 Å². The first kappa shape index (κ1) is 13.7. The number of carbonyl (C=O) groups is 1. The van der Waals surface area contributed by atoms with Gasteiger partial charge in [0.1, 0.15) is 12.4 Å². The third kappa shape index (κ3) is 3.53. The number of amides is 1. The van der Waals surface area contributed by atoms with Gasteiger partial charge in [-0.2, -0.15) is 5.26 Å². The number of hydrogen-bond donors (Lipinski definition) is 0. The third-order valence-electron chi connectivity index (χ3n) is 2.20. The predicted octanol–water partition coefficient (Wildman–Crippen LogP) is 2.96. The predicted molar refractivity (Wildman–Crippen MR) is 65.9 cm³/mol. The number of halogens is 2. The van der Waals surface area contributed by atoms with Gasteiger partial charge in [0.05, 0.1) is 11.6 Å². The van der Waals surface area contributed by atoms with E-state index in [2.05, 4.69) is 15.9 Å². The molecule has 1 rings (SSSR count). The smallest absolute Gasteiger partial charge is 0.255 e. The zero-order valence-corrected chi connectivity index (χ0v) is 11.0. The molecule has 0 unspecified atom stereocenters. The van der Waals surface area contributed by atoms with Gasteiger partial charge in [-0.1, -0.05) is 6.92 Å². The van der Waals surface area contributed by atoms with Crippen LogP contribution in [0.2, 0.25) is 0 Å². The number of benzene rings is 1. The van der Waals surface area contributed by atoms with E-state index in [0.29, 0.717) is 16.6 Å². The second-order valence-corrected chi connectivity index (χ2v) is 4.36. The lowest BCUT2D eigenvalue weighted by Gasteiger charge is -2.19. The maximum atomic E-state index is 12.9. The van der Waals surface area contributed by atoms with Crippen LogP contribution in [0, 0.1) is 17.1 Å². The van der Waals surface area contributed by atoms with Crippen LogP contribution in [0.5, 0.6) is 0 Å². The summed E-state index contributed by atoms with van der Waals surface area (Å²) in [4.78, 5) is 13.5. The summed E-state index contributed by atoms with van der Waals surface area (Å²) in [5, 5.41) is 8.66. The molecule has 1 amide bonds. The first-order valence-corrected chi connectivity index (χ1v) is 6.00. The lowest BCUT2D eigenvalue weighted by molar-refractivity contribution is 0.0775. The molecule has 1 aromatic rings. The molecule has 0 radical (unpaired) electrons. The minimum Gasteiger partial charge on any atom is -0.325 e. The van der Waals surface area contributed by atoms with Gasteiger partial charge < -0.3 is 4.90 Å². The normalized spacial score (nSPS) is 9.76. The molecule has 0 aliphatic heterocycles. The summed E-state index contributed by atoms with van der Waals surface area (Å²) in [7, 11) is 0. The van der Waals surface area contributed by atoms with Crippen molar-refractivity contribution in [1.29, 1.82) is 5.26 Å². The van der Waals surface area contributed by atoms with Crippen LogP contribution in [0.15, 0.2) is 22.7 Å². The second kappa shape index (κ2) is 6.36. The summed E-state index contributed by atoms with van der Waals surface area (Å²) in [5.41, 5.74) is 0.370. The molecular formula is C12H12BrFN2O. The Morgan fingerprint density at radius 1 is 1.59 bits per heavy atom. The Labute approximate surface area is 108 Å². The highest BCUT2D eigenvalue weighted by atomic mass is 79.9. The summed E-state index contributed by atoms with van der Waals surface area (Å²) in [6.45, 7) is 2.48. The lowest BCUT2D eigenvalue weighted by atomic mass is 10.2. The van der Waals surface area contributed by atoms with Gasteiger partial charge in [-0.25, -0.2) is 4.39 Å². The van der Waals surface area contributed by atoms with Crippen LogP contribution in [0.1, 0.15) is 23.7 Å². The fraction of sp³-hybridized carbons (Fsp3) is 0.333. The maximum Gasteiger partial charge on any atom is 0.255 e. The number of rotatable bonds is 4. The molecule has 0 bridgehead atoms. The van der Waals surface area contributed by atoms with Crippen molar-refractivity contribution in [3.63, 3.8) is 0 Å². The monoisotopic (exact) mass is 298 g/mol. The molecule has 1 aromatic carbocycles. The van der Waals surface area contributed by atoms with Crippen LogP contribution in [-0.4, -0.2) is 23.9 Å². The van der Waals surface area contributed by atoms with E-state index in [0.717, 1.165) is 6.42 Å². The molecule has 0 fully saturated rings. The number of carbonyl (C=O) groups excluding carboxylic acids is 1. The number of nitrogens with zero attached hydrogens (tertiary/aromatic N) is 2. The SMILES string of the molecule is CCCN(CC#N)C(=O)c1ccc(F)cc1Br. The Morgan fingerprint density at radius 2 is 2.29 bits per heavy atom. The zero-order valence-electron chi connectivity index (χ0n) is 9.41. The molecule has 0 aromatic heterocycles. The Morgan fingerprint density at radius 3 is 2.82 bits per heavy atom. The van der Waals surface area contributed by atoms with E-state index >= 15 is 0 Å². The van der Waals surface area contributed by atoms with E-state index in [1.165, 1.54) is 23.1 Å². The summed E-state index contributed by atoms with van der Waals surface area (Å²) < 4.78 is 13.3. The van der Waals surface area contributed by atoms with Crippen molar-refractivity contribution in [3.8, 4) is 6.07 Å². The highest BCUT2D eigenvalue weighted by Gasteiger charge is 2.17. The van der Waals surface area contributed by atoms with E-state index in [1.54, 1.807) is 0 Å². The molecule has 0 aliphatic rings. The number of nitriles is 1. The minimum absolute atomic E-state index is 0.0382. The zero-order chi connectivity index (χ0) is 12.8. The van der Waals surface area contributed by atoms with Crippen LogP contribution in [-0.2, 0) is 0 Å². The molecule has 0 atom stereocenters. The van der Waals surface area contributed by atoms with Crippen LogP contribution in [0.25, 0.3) is 0 Å². The quantitative estimate of drug-likeness (QED) is 0.802. The Hall–Kier alpha value is -1.41. The molecule has 0 aliphatic carbocycles. The molecule has 3 nitrogen and oxygen atoms in total. The van der Waals surface area contributed by atoms with Crippen molar-refractivity contribution < 1.29 is 9.18 Å². The van der Waals surface area contributed by atoms with E-state index in [1.807, 2.05) is 13.0 Å². The molecule has 0 saturated carbocycles. The van der Waals surface area contributed by atoms with Crippen LogP contribution in [0.3, 0.4) is 0 Å². The fourth-order valence-electron chi connectivity index (χ4n) is 1.44. The maximum absolute atomic E-state index is 12.9. The van der Waals surface area contributed by atoms with Gasteiger partial charge in [0.15, 0.2) is 0 Å². The lowest BCUT2D eigenvalue weighted by Crippen LogP contribution is -2.32. The summed E-state index contributed by atoms with van der Waals surface area (Å²) >= 11 is 3.15. The van der Waals surface area contributed by atoms with Crippen molar-refractivity contribution >= 4 is 21.8 Å². The first-order valence-electron chi connectivity index (χ1n) is 5.21. The van der Waals surface area contributed by atoms with Crippen LogP contribution >= 0.6 is 15.9 Å². The van der Waals surface area contributed by atoms with Crippen LogP contribution in [0.4, 0.5) is 4.39 Å². The van der Waals surface area contributed by atoms with Gasteiger partial charge in [-0.3, -0.25) is 4.79 Å². The van der Waals surface area contributed by atoms with E-state index < -0.39 is 5.82 Å². The van der Waals surface area contributed by atoms with Crippen molar-refractivity contribution in [2.24, 2.45) is 0 Å². The van der Waals surface area contributed by atoms with Crippen molar-refractivity contribution in [1.82, 2.24) is 4.90 Å². The Balaban J connectivity index is 2.97. The molecule has 0 N–H and O–H groups in total. The molecular weight excluding hydrogens is 287 g/mol. The van der Waals surface area contributed by atoms with E-state index in [-0.39, 0.29) is 12.5 Å². The largest absolute Gasteiger partial charge is 0.325 e. The average molecular weight is 299 g/mol. The fourth-order valence-corrected chi connectivity index (χ4v) is 1.96. The standard InChI is InChI=1S/C12H12BrFN2O/c1-2-6-16(7-5-15)12(17)10-4-3-9(14)8-11(10)13/h3-4,8H,2,6-7H2,1H3. The second-order valence-electron chi connectivity index (χ2n) is 3.51. The Kier molecular flexibility index (Phi) is 5.11. The Bertz CT molecular complexity index is 456. The number of hydrogen-bond acceptors (Lipinski definition) is 2. The van der Waals surface area contributed by atoms with Crippen molar-refractivity contribution in [2.45, 2.75) is 13.3 Å². The average Bonchev–Trinajstić information content (AvgIpc) is 2.28. The van der Waals surface area contributed by atoms with Crippen LogP contribution < -0.4 is 0 Å². The van der Waals surface area contributed by atoms with E-state index in [9.17, 15) is 9.18 Å². The molecule has 90 valence electrons. The highest BCUT2D eigenvalue weighted by Crippen LogP contribution is 2.19. The molecule has 0 heterocycles. The summed E-state index contributed by atoms with van der Waals surface area (Å²) in [6.07, 6.45) is 0.770. The minimum atomic E-state index is -0.407. The van der Waals surface area contributed by atoms with Gasteiger partial charge >= 0.3 is 0 Å². The highest BCUT2D eigenvalue weighted by molar-refractivity contribution is 9.10. The van der Waals surface area contributed by atoms with Gasteiger partial charge in [-0.05, 0) is 40.5 Å². The summed E-state index contributed by atoms with van der Waals surface area (Å²) in [6, 6.07) is 5.84. The van der Waals surface area contributed by atoms with Gasteiger partial charge in [-0.15, -0.1) is 0 Å². The topological polar surface area (TPSA) is 44.1 Å². The van der Waals surface area contributed by atoms with E-state index in [4.69, 9.17) is 5.26 Å². The molecule has 17 heavy (non-hydrogen) atoms. The van der Waals surface area contributed by atoms with Crippen molar-refractivity contribution in [3.05, 3.63) is 34.1 Å².